The molecule has 0 spiro atoms. The third-order valence-corrected chi connectivity index (χ3v) is 3.35. The van der Waals surface area contributed by atoms with Crippen LogP contribution in [0.15, 0.2) is 18.2 Å². The quantitative estimate of drug-likeness (QED) is 0.704. The van der Waals surface area contributed by atoms with Gasteiger partial charge in [0.05, 0.1) is 13.2 Å². The molecule has 0 saturated heterocycles. The van der Waals surface area contributed by atoms with Crippen molar-refractivity contribution in [2.24, 2.45) is 5.92 Å². The van der Waals surface area contributed by atoms with Crippen LogP contribution in [-0.4, -0.2) is 13.2 Å². The fourth-order valence-electron chi connectivity index (χ4n) is 2.03. The molecule has 0 aliphatic carbocycles. The van der Waals surface area contributed by atoms with Crippen LogP contribution in [0.25, 0.3) is 0 Å². The lowest BCUT2D eigenvalue weighted by molar-refractivity contribution is 0.287. The van der Waals surface area contributed by atoms with E-state index in [1.54, 1.807) is 0 Å². The topological polar surface area (TPSA) is 18.5 Å². The van der Waals surface area contributed by atoms with E-state index in [2.05, 4.69) is 44.7 Å². The maximum Gasteiger partial charge on any atom is 0.161 e. The van der Waals surface area contributed by atoms with Gasteiger partial charge in [0.1, 0.15) is 0 Å². The molecule has 0 bridgehead atoms. The lowest BCUT2D eigenvalue weighted by atomic mass is 9.89. The van der Waals surface area contributed by atoms with E-state index in [1.807, 2.05) is 19.9 Å². The van der Waals surface area contributed by atoms with E-state index in [0.29, 0.717) is 25.0 Å². The Morgan fingerprint density at radius 2 is 1.65 bits per heavy atom. The fourth-order valence-corrected chi connectivity index (χ4v) is 2.03. The predicted octanol–water partition coefficient (Wildman–Crippen LogP) is 4.64. The van der Waals surface area contributed by atoms with Crippen molar-refractivity contribution in [1.82, 2.24) is 0 Å². The average molecular weight is 274 g/mol. The zero-order valence-corrected chi connectivity index (χ0v) is 13.3. The molecule has 1 rings (SSSR count). The van der Waals surface area contributed by atoms with Gasteiger partial charge in [-0.3, -0.25) is 0 Å². The molecule has 0 saturated carbocycles. The molecule has 20 heavy (non-hydrogen) atoms. The van der Waals surface area contributed by atoms with Crippen molar-refractivity contribution < 1.29 is 9.47 Å². The van der Waals surface area contributed by atoms with Crippen LogP contribution in [0.1, 0.15) is 52.5 Å². The van der Waals surface area contributed by atoms with Gasteiger partial charge in [-0.05, 0) is 37.5 Å². The maximum atomic E-state index is 5.68. The van der Waals surface area contributed by atoms with E-state index in [-0.39, 0.29) is 0 Å². The zero-order valence-electron chi connectivity index (χ0n) is 13.3. The minimum atomic E-state index is 0.336. The van der Waals surface area contributed by atoms with Gasteiger partial charge in [-0.2, -0.15) is 0 Å². The van der Waals surface area contributed by atoms with Crippen LogP contribution < -0.4 is 9.47 Å². The van der Waals surface area contributed by atoms with Crippen molar-refractivity contribution in [3.8, 4) is 23.3 Å². The smallest absolute Gasteiger partial charge is 0.161 e. The van der Waals surface area contributed by atoms with Gasteiger partial charge in [-0.1, -0.05) is 32.8 Å². The highest BCUT2D eigenvalue weighted by Crippen LogP contribution is 2.33. The molecular formula is C18H26O2. The predicted molar refractivity (Wildman–Crippen MR) is 84.4 cm³/mol. The number of rotatable bonds is 6. The lowest BCUT2D eigenvalue weighted by Crippen LogP contribution is -2.06. The minimum absolute atomic E-state index is 0.336. The van der Waals surface area contributed by atoms with Crippen LogP contribution in [-0.2, 0) is 0 Å². The Hall–Kier alpha value is -1.62. The molecule has 2 heteroatoms. The summed E-state index contributed by atoms with van der Waals surface area (Å²) >= 11 is 0. The Morgan fingerprint density at radius 3 is 2.25 bits per heavy atom. The Morgan fingerprint density at radius 1 is 1.00 bits per heavy atom. The van der Waals surface area contributed by atoms with E-state index in [1.165, 1.54) is 5.56 Å². The molecule has 0 aliphatic heterocycles. The normalized spacial score (nSPS) is 13.1. The Balaban J connectivity index is 2.97. The standard InChI is InChI=1S/C18H26O2/c1-6-9-10-14(4)15(5)16-11-12-17(19-7-2)18(13-16)20-8-3/h11-15H,6-8H2,1-5H3. The van der Waals surface area contributed by atoms with Crippen molar-refractivity contribution in [2.45, 2.75) is 47.0 Å². The average Bonchev–Trinajstić information content (AvgIpc) is 2.46. The molecule has 2 atom stereocenters. The van der Waals surface area contributed by atoms with E-state index in [0.717, 1.165) is 17.9 Å². The molecule has 0 aromatic heterocycles. The van der Waals surface area contributed by atoms with Crippen LogP contribution >= 0.6 is 0 Å². The van der Waals surface area contributed by atoms with E-state index >= 15 is 0 Å². The zero-order chi connectivity index (χ0) is 15.0. The van der Waals surface area contributed by atoms with E-state index < -0.39 is 0 Å². The molecule has 0 heterocycles. The molecule has 2 unspecified atom stereocenters. The van der Waals surface area contributed by atoms with Crippen molar-refractivity contribution in [3.63, 3.8) is 0 Å². The van der Waals surface area contributed by atoms with Gasteiger partial charge in [0.25, 0.3) is 0 Å². The van der Waals surface area contributed by atoms with Crippen LogP contribution in [0.2, 0.25) is 0 Å². The molecule has 0 radical (unpaired) electrons. The first-order valence-corrected chi connectivity index (χ1v) is 7.51. The van der Waals surface area contributed by atoms with Crippen molar-refractivity contribution in [2.75, 3.05) is 13.2 Å². The van der Waals surface area contributed by atoms with E-state index in [9.17, 15) is 0 Å². The molecule has 0 amide bonds. The summed E-state index contributed by atoms with van der Waals surface area (Å²) in [6, 6.07) is 6.20. The number of hydrogen-bond acceptors (Lipinski definition) is 2. The fraction of sp³-hybridized carbons (Fsp3) is 0.556. The molecule has 0 N–H and O–H groups in total. The highest BCUT2D eigenvalue weighted by Gasteiger charge is 2.15. The van der Waals surface area contributed by atoms with Crippen LogP contribution in [0, 0.1) is 17.8 Å². The Labute approximate surface area is 123 Å². The van der Waals surface area contributed by atoms with Gasteiger partial charge < -0.3 is 9.47 Å². The third-order valence-electron chi connectivity index (χ3n) is 3.35. The Bertz CT molecular complexity index is 468. The minimum Gasteiger partial charge on any atom is -0.490 e. The first kappa shape index (κ1) is 16.4. The summed E-state index contributed by atoms with van der Waals surface area (Å²) in [4.78, 5) is 0. The summed E-state index contributed by atoms with van der Waals surface area (Å²) in [6.45, 7) is 11.7. The summed E-state index contributed by atoms with van der Waals surface area (Å²) in [5.74, 6) is 8.82. The van der Waals surface area contributed by atoms with Gasteiger partial charge in [-0.15, -0.1) is 5.92 Å². The van der Waals surface area contributed by atoms with Crippen molar-refractivity contribution in [3.05, 3.63) is 23.8 Å². The van der Waals surface area contributed by atoms with E-state index in [4.69, 9.17) is 9.47 Å². The summed E-state index contributed by atoms with van der Waals surface area (Å²) in [5, 5.41) is 0. The highest BCUT2D eigenvalue weighted by atomic mass is 16.5. The van der Waals surface area contributed by atoms with Crippen molar-refractivity contribution >= 4 is 0 Å². The molecule has 1 aromatic rings. The molecule has 110 valence electrons. The summed E-state index contributed by atoms with van der Waals surface area (Å²) < 4.78 is 11.3. The first-order valence-electron chi connectivity index (χ1n) is 7.51. The van der Waals surface area contributed by atoms with Gasteiger partial charge in [0, 0.05) is 12.3 Å². The second-order valence-corrected chi connectivity index (χ2v) is 4.82. The molecular weight excluding hydrogens is 248 g/mol. The summed E-state index contributed by atoms with van der Waals surface area (Å²) in [5.41, 5.74) is 1.25. The third kappa shape index (κ3) is 4.49. The van der Waals surface area contributed by atoms with Gasteiger partial charge in [-0.25, -0.2) is 0 Å². The van der Waals surface area contributed by atoms with Crippen LogP contribution in [0.3, 0.4) is 0 Å². The number of benzene rings is 1. The SMILES string of the molecule is CCC#CC(C)C(C)c1ccc(OCC)c(OCC)c1. The molecule has 0 aliphatic rings. The molecule has 2 nitrogen and oxygen atoms in total. The highest BCUT2D eigenvalue weighted by molar-refractivity contribution is 5.44. The second-order valence-electron chi connectivity index (χ2n) is 4.82. The largest absolute Gasteiger partial charge is 0.490 e. The van der Waals surface area contributed by atoms with Crippen molar-refractivity contribution in [1.29, 1.82) is 0 Å². The monoisotopic (exact) mass is 274 g/mol. The first-order chi connectivity index (χ1) is 9.63. The number of hydrogen-bond donors (Lipinski definition) is 0. The van der Waals surface area contributed by atoms with Gasteiger partial charge >= 0.3 is 0 Å². The Kier molecular flexibility index (Phi) is 7.01. The van der Waals surface area contributed by atoms with Gasteiger partial charge in [0.2, 0.25) is 0 Å². The summed E-state index contributed by atoms with van der Waals surface area (Å²) in [6.07, 6.45) is 0.907. The second kappa shape index (κ2) is 8.53. The molecule has 0 fully saturated rings. The van der Waals surface area contributed by atoms with Gasteiger partial charge in [0.15, 0.2) is 11.5 Å². The molecule has 1 aromatic carbocycles. The number of ether oxygens (including phenoxy) is 2. The van der Waals surface area contributed by atoms with Crippen LogP contribution in [0.5, 0.6) is 11.5 Å². The lowest BCUT2D eigenvalue weighted by Gasteiger charge is -2.18. The summed E-state index contributed by atoms with van der Waals surface area (Å²) in [7, 11) is 0. The van der Waals surface area contributed by atoms with Crippen LogP contribution in [0.4, 0.5) is 0 Å². The maximum absolute atomic E-state index is 5.68.